The van der Waals surface area contributed by atoms with Crippen LogP contribution < -0.4 is 5.73 Å². The largest absolute Gasteiger partial charge is 0.507 e. The van der Waals surface area contributed by atoms with E-state index in [4.69, 9.17) is 10.2 Å². The molecule has 4 aliphatic rings. The van der Waals surface area contributed by atoms with Crippen LogP contribution in [0.25, 0.3) is 11.1 Å². The number of primary amides is 1. The summed E-state index contributed by atoms with van der Waals surface area (Å²) in [5.41, 5.74) is 5.19. The van der Waals surface area contributed by atoms with Gasteiger partial charge in [0.15, 0.2) is 34.7 Å². The number of carbonyl (C=O) groups excluding carboxylic acids is 5. The molecular formula is C31H35N3O8. The SMILES string of the molecule is CN(C)[C@H]1C(=O)C(C(N)=O)C(=O)[C@@]2(O)C(=O)C3C(=O)c4c(O)c(CN5CCCCC5)cc(-c5ccoc5)c4C[C@H]3C[C@@H]12. The minimum atomic E-state index is -2.74. The highest BCUT2D eigenvalue weighted by atomic mass is 16.3. The summed E-state index contributed by atoms with van der Waals surface area (Å²) >= 11 is 0. The summed E-state index contributed by atoms with van der Waals surface area (Å²) in [6.07, 6.45) is 6.49. The molecule has 11 nitrogen and oxygen atoms in total. The zero-order valence-corrected chi connectivity index (χ0v) is 23.7. The summed E-state index contributed by atoms with van der Waals surface area (Å²) in [4.78, 5) is 71.1. The second kappa shape index (κ2) is 10.3. The highest BCUT2D eigenvalue weighted by Crippen LogP contribution is 2.52. The number of likely N-dealkylation sites (N-methyl/N-ethyl adjacent to an activating group) is 1. The molecule has 1 amide bonds. The number of rotatable bonds is 5. The van der Waals surface area contributed by atoms with Crippen LogP contribution in [0.15, 0.2) is 29.1 Å². The lowest BCUT2D eigenvalue weighted by Gasteiger charge is -2.52. The second-order valence-corrected chi connectivity index (χ2v) is 12.4. The van der Waals surface area contributed by atoms with E-state index in [-0.39, 0.29) is 24.2 Å². The van der Waals surface area contributed by atoms with Crippen molar-refractivity contribution in [2.45, 2.75) is 50.3 Å². The number of piperidine rings is 1. The Morgan fingerprint density at radius 2 is 1.86 bits per heavy atom. The van der Waals surface area contributed by atoms with Crippen LogP contribution in [0.2, 0.25) is 0 Å². The van der Waals surface area contributed by atoms with E-state index in [9.17, 15) is 34.2 Å². The number of phenols is 1. The summed E-state index contributed by atoms with van der Waals surface area (Å²) in [7, 11) is 3.13. The van der Waals surface area contributed by atoms with Crippen LogP contribution in [0, 0.1) is 23.7 Å². The number of likely N-dealkylation sites (tertiary alicyclic amines) is 1. The van der Waals surface area contributed by atoms with Crippen LogP contribution in [0.4, 0.5) is 0 Å². The van der Waals surface area contributed by atoms with E-state index < -0.39 is 64.4 Å². The van der Waals surface area contributed by atoms with Gasteiger partial charge in [-0.05, 0) is 82.0 Å². The molecule has 2 saturated carbocycles. The van der Waals surface area contributed by atoms with E-state index in [1.165, 1.54) is 11.2 Å². The fraction of sp³-hybridized carbons (Fsp3) is 0.516. The van der Waals surface area contributed by atoms with E-state index in [0.717, 1.165) is 37.9 Å². The van der Waals surface area contributed by atoms with E-state index in [1.807, 2.05) is 6.07 Å². The molecule has 2 unspecified atom stereocenters. The molecule has 1 aromatic heterocycles. The Hall–Kier alpha value is -3.67. The first-order valence-electron chi connectivity index (χ1n) is 14.4. The zero-order chi connectivity index (χ0) is 30.1. The van der Waals surface area contributed by atoms with E-state index in [0.29, 0.717) is 23.2 Å². The molecular weight excluding hydrogens is 542 g/mol. The first-order valence-corrected chi connectivity index (χ1v) is 14.4. The van der Waals surface area contributed by atoms with E-state index >= 15 is 0 Å². The van der Waals surface area contributed by atoms with Gasteiger partial charge in [-0.1, -0.05) is 6.42 Å². The van der Waals surface area contributed by atoms with Crippen molar-refractivity contribution in [3.05, 3.63) is 41.3 Å². The van der Waals surface area contributed by atoms with Crippen molar-refractivity contribution in [2.75, 3.05) is 27.2 Å². The van der Waals surface area contributed by atoms with Crippen LogP contribution in [-0.2, 0) is 32.1 Å². The fourth-order valence-corrected chi connectivity index (χ4v) is 7.88. The van der Waals surface area contributed by atoms with Crippen molar-refractivity contribution in [1.29, 1.82) is 0 Å². The zero-order valence-electron chi connectivity index (χ0n) is 23.7. The number of fused-ring (bicyclic) bond motifs is 3. The minimum Gasteiger partial charge on any atom is -0.507 e. The third-order valence-electron chi connectivity index (χ3n) is 9.82. The fourth-order valence-electron chi connectivity index (χ4n) is 7.88. The number of furan rings is 1. The Morgan fingerprint density at radius 1 is 1.14 bits per heavy atom. The number of hydrogen-bond acceptors (Lipinski definition) is 10. The van der Waals surface area contributed by atoms with Crippen LogP contribution in [0.5, 0.6) is 5.75 Å². The number of ketones is 4. The van der Waals surface area contributed by atoms with Gasteiger partial charge in [-0.15, -0.1) is 0 Å². The topological polar surface area (TPSA) is 171 Å². The quantitative estimate of drug-likeness (QED) is 0.437. The molecule has 6 rings (SSSR count). The lowest BCUT2D eigenvalue weighted by atomic mass is 9.52. The summed E-state index contributed by atoms with van der Waals surface area (Å²) < 4.78 is 5.34. The maximum absolute atomic E-state index is 14.3. The number of aliphatic hydroxyl groups is 1. The number of carbonyl (C=O) groups is 5. The van der Waals surface area contributed by atoms with Gasteiger partial charge in [0, 0.05) is 23.6 Å². The smallest absolute Gasteiger partial charge is 0.235 e. The monoisotopic (exact) mass is 577 g/mol. The van der Waals surface area contributed by atoms with Crippen LogP contribution in [-0.4, -0.2) is 87.9 Å². The molecule has 42 heavy (non-hydrogen) atoms. The number of phenolic OH excluding ortho intramolecular Hbond substituents is 1. The highest BCUT2D eigenvalue weighted by Gasteiger charge is 2.69. The van der Waals surface area contributed by atoms with Crippen LogP contribution >= 0.6 is 0 Å². The molecule has 1 aromatic carbocycles. The van der Waals surface area contributed by atoms with Crippen molar-refractivity contribution in [2.24, 2.45) is 29.4 Å². The van der Waals surface area contributed by atoms with E-state index in [1.54, 1.807) is 26.4 Å². The molecule has 1 aliphatic heterocycles. The number of hydrogen-bond donors (Lipinski definition) is 3. The number of benzene rings is 1. The molecule has 3 aliphatic carbocycles. The van der Waals surface area contributed by atoms with Gasteiger partial charge in [0.1, 0.15) is 5.75 Å². The Labute approximate surface area is 242 Å². The Morgan fingerprint density at radius 3 is 2.48 bits per heavy atom. The summed E-state index contributed by atoms with van der Waals surface area (Å²) in [6.45, 7) is 2.13. The number of Topliss-reactive ketones (excluding diaryl/α,β-unsaturated/α-hetero) is 4. The van der Waals surface area contributed by atoms with Crippen LogP contribution in [0.1, 0.15) is 47.2 Å². The van der Waals surface area contributed by atoms with Crippen molar-refractivity contribution in [1.82, 2.24) is 9.80 Å². The van der Waals surface area contributed by atoms with E-state index in [2.05, 4.69) is 4.90 Å². The average molecular weight is 578 g/mol. The number of nitrogens with zero attached hydrogens (tertiary/aromatic N) is 2. The number of nitrogens with two attached hydrogens (primary N) is 1. The number of amides is 1. The first kappa shape index (κ1) is 28.4. The molecule has 222 valence electrons. The normalized spacial score (nSPS) is 31.6. The summed E-state index contributed by atoms with van der Waals surface area (Å²) in [6, 6.07) is 2.50. The summed E-state index contributed by atoms with van der Waals surface area (Å²) in [5.74, 6) is -10.5. The van der Waals surface area contributed by atoms with Gasteiger partial charge in [0.25, 0.3) is 0 Å². The van der Waals surface area contributed by atoms with Crippen molar-refractivity contribution >= 4 is 29.0 Å². The molecule has 0 radical (unpaired) electrons. The van der Waals surface area contributed by atoms with Gasteiger partial charge in [-0.3, -0.25) is 33.8 Å². The minimum absolute atomic E-state index is 0.00497. The molecule has 4 N–H and O–H groups in total. The predicted molar refractivity (Wildman–Crippen MR) is 148 cm³/mol. The highest BCUT2D eigenvalue weighted by molar-refractivity contribution is 6.32. The maximum atomic E-state index is 14.3. The third-order valence-corrected chi connectivity index (χ3v) is 9.82. The molecule has 11 heteroatoms. The third kappa shape index (κ3) is 4.09. The lowest BCUT2D eigenvalue weighted by Crippen LogP contribution is -2.74. The van der Waals surface area contributed by atoms with Gasteiger partial charge < -0.3 is 20.4 Å². The Kier molecular flexibility index (Phi) is 6.94. The molecule has 2 aromatic rings. The number of aromatic hydroxyl groups is 1. The average Bonchev–Trinajstić information content (AvgIpc) is 3.47. The molecule has 2 heterocycles. The Balaban J connectivity index is 1.48. The van der Waals surface area contributed by atoms with Gasteiger partial charge in [-0.2, -0.15) is 0 Å². The molecule has 1 saturated heterocycles. The van der Waals surface area contributed by atoms with Crippen molar-refractivity contribution in [3.8, 4) is 16.9 Å². The Bertz CT molecular complexity index is 1490. The van der Waals surface area contributed by atoms with Gasteiger partial charge in [-0.25, -0.2) is 0 Å². The molecule has 3 fully saturated rings. The van der Waals surface area contributed by atoms with Gasteiger partial charge in [0.2, 0.25) is 5.91 Å². The lowest BCUT2D eigenvalue weighted by molar-refractivity contribution is -0.181. The summed E-state index contributed by atoms with van der Waals surface area (Å²) in [5, 5.41) is 23.3. The van der Waals surface area contributed by atoms with Gasteiger partial charge >= 0.3 is 0 Å². The van der Waals surface area contributed by atoms with Crippen LogP contribution in [0.3, 0.4) is 0 Å². The van der Waals surface area contributed by atoms with Crippen molar-refractivity contribution in [3.63, 3.8) is 0 Å². The standard InChI is InChI=1S/C31H35N3O8/c1-33(2)24-20-12-16-10-19-18(15-6-9-42-14-15)11-17(13-34-7-4-3-5-8-34)25(35)22(19)26(36)21(16)28(38)31(20,41)29(39)23(27(24)37)30(32)40/h6,9,11,14,16,20-21,23-24,35,41H,3-5,7-8,10,12-13H2,1-2H3,(H2,32,40)/t16-,20-,21?,23?,24+,31-/m0/s1. The maximum Gasteiger partial charge on any atom is 0.235 e. The molecule has 0 bridgehead atoms. The van der Waals surface area contributed by atoms with Crippen molar-refractivity contribution < 1.29 is 38.6 Å². The second-order valence-electron chi connectivity index (χ2n) is 12.4. The first-order chi connectivity index (χ1) is 20.0. The molecule has 6 atom stereocenters. The predicted octanol–water partition coefficient (Wildman–Crippen LogP) is 1.11. The molecule has 0 spiro atoms. The van der Waals surface area contributed by atoms with Gasteiger partial charge in [0.05, 0.1) is 30.0 Å².